The first kappa shape index (κ1) is 17.7. The van der Waals surface area contributed by atoms with Crippen LogP contribution in [-0.2, 0) is 13.5 Å². The van der Waals surface area contributed by atoms with Crippen molar-refractivity contribution in [2.24, 2.45) is 7.05 Å². The molecule has 4 rings (SSSR count). The Morgan fingerprint density at radius 3 is 2.81 bits per heavy atom. The van der Waals surface area contributed by atoms with Gasteiger partial charge in [0.1, 0.15) is 17.2 Å². The lowest BCUT2D eigenvalue weighted by Crippen LogP contribution is -2.36. The van der Waals surface area contributed by atoms with Crippen LogP contribution in [0.1, 0.15) is 53.7 Å². The summed E-state index contributed by atoms with van der Waals surface area (Å²) in [4.78, 5) is 17.4. The fourth-order valence-electron chi connectivity index (χ4n) is 3.94. The first-order chi connectivity index (χ1) is 13.1. The SMILES string of the molecule is Cn1ccc2c(Cc3cccc(F)c3)cc(C(=O)NC3CCCCC3)nc21. The van der Waals surface area contributed by atoms with Crippen LogP contribution in [0.5, 0.6) is 0 Å². The van der Waals surface area contributed by atoms with E-state index in [4.69, 9.17) is 0 Å². The van der Waals surface area contributed by atoms with E-state index < -0.39 is 0 Å². The Labute approximate surface area is 158 Å². The molecule has 0 unspecified atom stereocenters. The lowest BCUT2D eigenvalue weighted by molar-refractivity contribution is 0.0923. The van der Waals surface area contributed by atoms with E-state index in [1.165, 1.54) is 31.4 Å². The summed E-state index contributed by atoms with van der Waals surface area (Å²) < 4.78 is 15.5. The molecule has 0 radical (unpaired) electrons. The molecule has 0 aliphatic heterocycles. The molecule has 5 heteroatoms. The molecule has 1 fully saturated rings. The Hall–Kier alpha value is -2.69. The van der Waals surface area contributed by atoms with Crippen molar-refractivity contribution in [1.82, 2.24) is 14.9 Å². The summed E-state index contributed by atoms with van der Waals surface area (Å²) in [6.45, 7) is 0. The number of aromatic nitrogens is 2. The Bertz CT molecular complexity index is 973. The fourth-order valence-corrected chi connectivity index (χ4v) is 3.94. The zero-order valence-corrected chi connectivity index (χ0v) is 15.5. The van der Waals surface area contributed by atoms with Gasteiger partial charge in [-0.2, -0.15) is 0 Å². The van der Waals surface area contributed by atoms with E-state index in [0.717, 1.165) is 35.0 Å². The highest BCUT2D eigenvalue weighted by atomic mass is 19.1. The summed E-state index contributed by atoms with van der Waals surface area (Å²) in [6, 6.07) is 10.7. The minimum atomic E-state index is -0.249. The number of amides is 1. The van der Waals surface area contributed by atoms with Gasteiger partial charge >= 0.3 is 0 Å². The van der Waals surface area contributed by atoms with Crippen molar-refractivity contribution in [2.45, 2.75) is 44.6 Å². The Morgan fingerprint density at radius 2 is 2.04 bits per heavy atom. The lowest BCUT2D eigenvalue weighted by atomic mass is 9.95. The van der Waals surface area contributed by atoms with Gasteiger partial charge in [0, 0.05) is 24.7 Å². The van der Waals surface area contributed by atoms with Crippen LogP contribution in [0.3, 0.4) is 0 Å². The maximum absolute atomic E-state index is 13.6. The second-order valence-electron chi connectivity index (χ2n) is 7.45. The number of carbonyl (C=O) groups is 1. The zero-order chi connectivity index (χ0) is 18.8. The van der Waals surface area contributed by atoms with E-state index in [9.17, 15) is 9.18 Å². The molecular weight excluding hydrogens is 341 g/mol. The molecule has 1 N–H and O–H groups in total. The summed E-state index contributed by atoms with van der Waals surface area (Å²) in [5.41, 5.74) is 3.07. The van der Waals surface area contributed by atoms with Crippen molar-refractivity contribution >= 4 is 16.9 Å². The molecule has 0 spiro atoms. The van der Waals surface area contributed by atoms with Crippen LogP contribution < -0.4 is 5.32 Å². The van der Waals surface area contributed by atoms with Crippen molar-refractivity contribution in [1.29, 1.82) is 0 Å². The van der Waals surface area contributed by atoms with E-state index in [-0.39, 0.29) is 17.8 Å². The number of pyridine rings is 1. The standard InChI is InChI=1S/C22H24FN3O/c1-26-11-10-19-16(12-15-6-5-7-17(23)13-15)14-20(25-21(19)26)22(27)24-18-8-3-2-4-9-18/h5-7,10-11,13-14,18H,2-4,8-9,12H2,1H3,(H,24,27). The largest absolute Gasteiger partial charge is 0.348 e. The minimum Gasteiger partial charge on any atom is -0.348 e. The quantitative estimate of drug-likeness (QED) is 0.746. The van der Waals surface area contributed by atoms with Crippen molar-refractivity contribution in [3.8, 4) is 0 Å². The number of nitrogens with one attached hydrogen (secondary N) is 1. The van der Waals surface area contributed by atoms with Crippen LogP contribution in [0, 0.1) is 5.82 Å². The molecule has 1 aliphatic carbocycles. The van der Waals surface area contributed by atoms with Crippen LogP contribution in [-0.4, -0.2) is 21.5 Å². The average molecular weight is 365 g/mol. The number of carbonyl (C=O) groups excluding carboxylic acids is 1. The van der Waals surface area contributed by atoms with E-state index in [2.05, 4.69) is 10.3 Å². The van der Waals surface area contributed by atoms with Gasteiger partial charge in [0.15, 0.2) is 0 Å². The Balaban J connectivity index is 1.67. The maximum Gasteiger partial charge on any atom is 0.270 e. The predicted octanol–water partition coefficient (Wildman–Crippen LogP) is 4.37. The summed E-state index contributed by atoms with van der Waals surface area (Å²) in [5, 5.41) is 4.14. The number of hydrogen-bond donors (Lipinski definition) is 1. The fraction of sp³-hybridized carbons (Fsp3) is 0.364. The smallest absolute Gasteiger partial charge is 0.270 e. The predicted molar refractivity (Wildman–Crippen MR) is 104 cm³/mol. The molecule has 2 aromatic heterocycles. The van der Waals surface area contributed by atoms with E-state index >= 15 is 0 Å². The van der Waals surface area contributed by atoms with Gasteiger partial charge in [0.25, 0.3) is 5.91 Å². The third kappa shape index (κ3) is 3.87. The zero-order valence-electron chi connectivity index (χ0n) is 15.5. The average Bonchev–Trinajstić information content (AvgIpc) is 3.04. The second kappa shape index (κ2) is 7.51. The Kier molecular flexibility index (Phi) is 4.92. The van der Waals surface area contributed by atoms with Crippen molar-refractivity contribution in [3.05, 3.63) is 65.2 Å². The maximum atomic E-state index is 13.6. The van der Waals surface area contributed by atoms with Gasteiger partial charge in [-0.15, -0.1) is 0 Å². The number of halogens is 1. The van der Waals surface area contributed by atoms with Gasteiger partial charge in [-0.05, 0) is 54.7 Å². The summed E-state index contributed by atoms with van der Waals surface area (Å²) in [6.07, 6.45) is 8.15. The third-order valence-electron chi connectivity index (χ3n) is 5.38. The van der Waals surface area contributed by atoms with Gasteiger partial charge in [0.05, 0.1) is 0 Å². The molecule has 0 atom stereocenters. The summed E-state index contributed by atoms with van der Waals surface area (Å²) in [5.74, 6) is -0.369. The number of hydrogen-bond acceptors (Lipinski definition) is 2. The molecule has 3 aromatic rings. The van der Waals surface area contributed by atoms with E-state index in [1.54, 1.807) is 6.07 Å². The van der Waals surface area contributed by atoms with E-state index in [0.29, 0.717) is 12.1 Å². The van der Waals surface area contributed by atoms with Gasteiger partial charge in [-0.3, -0.25) is 4.79 Å². The molecule has 27 heavy (non-hydrogen) atoms. The van der Waals surface area contributed by atoms with Gasteiger partial charge < -0.3 is 9.88 Å². The number of benzene rings is 1. The molecule has 0 saturated heterocycles. The topological polar surface area (TPSA) is 46.9 Å². The number of fused-ring (bicyclic) bond motifs is 1. The molecular formula is C22H24FN3O. The first-order valence-electron chi connectivity index (χ1n) is 9.60. The molecule has 1 aromatic carbocycles. The lowest BCUT2D eigenvalue weighted by Gasteiger charge is -2.22. The molecule has 1 saturated carbocycles. The highest BCUT2D eigenvalue weighted by Gasteiger charge is 2.19. The highest BCUT2D eigenvalue weighted by Crippen LogP contribution is 2.23. The van der Waals surface area contributed by atoms with Crippen LogP contribution in [0.15, 0.2) is 42.6 Å². The van der Waals surface area contributed by atoms with Gasteiger partial charge in [-0.1, -0.05) is 31.4 Å². The number of aryl methyl sites for hydroxylation is 1. The van der Waals surface area contributed by atoms with Crippen molar-refractivity contribution in [2.75, 3.05) is 0 Å². The monoisotopic (exact) mass is 365 g/mol. The van der Waals surface area contributed by atoms with Crippen molar-refractivity contribution in [3.63, 3.8) is 0 Å². The molecule has 0 bridgehead atoms. The van der Waals surface area contributed by atoms with Crippen LogP contribution >= 0.6 is 0 Å². The molecule has 1 amide bonds. The molecule has 140 valence electrons. The molecule has 1 aliphatic rings. The van der Waals surface area contributed by atoms with Crippen LogP contribution in [0.25, 0.3) is 11.0 Å². The third-order valence-corrected chi connectivity index (χ3v) is 5.38. The first-order valence-corrected chi connectivity index (χ1v) is 9.60. The van der Waals surface area contributed by atoms with Crippen molar-refractivity contribution < 1.29 is 9.18 Å². The number of rotatable bonds is 4. The number of nitrogens with zero attached hydrogens (tertiary/aromatic N) is 2. The highest BCUT2D eigenvalue weighted by molar-refractivity contribution is 5.95. The normalized spacial score (nSPS) is 15.2. The Morgan fingerprint density at radius 1 is 1.22 bits per heavy atom. The summed E-state index contributed by atoms with van der Waals surface area (Å²) >= 11 is 0. The van der Waals surface area contributed by atoms with E-state index in [1.807, 2.05) is 36.0 Å². The molecule has 2 heterocycles. The second-order valence-corrected chi connectivity index (χ2v) is 7.45. The van der Waals surface area contributed by atoms with Gasteiger partial charge in [-0.25, -0.2) is 9.37 Å². The van der Waals surface area contributed by atoms with Crippen LogP contribution in [0.4, 0.5) is 4.39 Å². The molecule has 4 nitrogen and oxygen atoms in total. The van der Waals surface area contributed by atoms with Gasteiger partial charge in [0.2, 0.25) is 0 Å². The summed E-state index contributed by atoms with van der Waals surface area (Å²) in [7, 11) is 1.92. The van der Waals surface area contributed by atoms with Crippen LogP contribution in [0.2, 0.25) is 0 Å². The minimum absolute atomic E-state index is 0.120.